The highest BCUT2D eigenvalue weighted by atomic mass is 35.5. The minimum atomic E-state index is -0.618. The van der Waals surface area contributed by atoms with Crippen LogP contribution in [0.1, 0.15) is 19.4 Å². The Labute approximate surface area is 116 Å². The van der Waals surface area contributed by atoms with E-state index in [0.29, 0.717) is 24.7 Å². The number of aliphatic hydroxyl groups is 1. The second-order valence-corrected chi connectivity index (χ2v) is 5.84. The molecule has 2 rings (SSSR count). The van der Waals surface area contributed by atoms with Crippen LogP contribution in [0.2, 0.25) is 5.02 Å². The highest BCUT2D eigenvalue weighted by Gasteiger charge is 2.43. The molecule has 0 unspecified atom stereocenters. The molecule has 1 saturated heterocycles. The maximum atomic E-state index is 10.6. The van der Waals surface area contributed by atoms with Crippen molar-refractivity contribution in [3.8, 4) is 0 Å². The zero-order valence-electron chi connectivity index (χ0n) is 11.0. The van der Waals surface area contributed by atoms with Crippen molar-refractivity contribution < 1.29 is 10.0 Å². The Morgan fingerprint density at radius 2 is 2.16 bits per heavy atom. The van der Waals surface area contributed by atoms with Gasteiger partial charge in [-0.25, -0.2) is 0 Å². The zero-order valence-corrected chi connectivity index (χ0v) is 11.7. The van der Waals surface area contributed by atoms with E-state index in [9.17, 15) is 15.2 Å². The van der Waals surface area contributed by atoms with Gasteiger partial charge in [-0.3, -0.25) is 15.0 Å². The number of nitro benzene ring substituents is 1. The molecule has 0 saturated carbocycles. The molecule has 5 nitrogen and oxygen atoms in total. The van der Waals surface area contributed by atoms with Crippen LogP contribution in [0, 0.1) is 16.0 Å². The largest absolute Gasteiger partial charge is 0.387 e. The zero-order chi connectivity index (χ0) is 14.2. The molecular weight excluding hydrogens is 268 g/mol. The van der Waals surface area contributed by atoms with Gasteiger partial charge in [0.15, 0.2) is 0 Å². The van der Waals surface area contributed by atoms with Gasteiger partial charge < -0.3 is 5.11 Å². The molecule has 0 radical (unpaired) electrons. The van der Waals surface area contributed by atoms with Gasteiger partial charge in [0, 0.05) is 31.8 Å². The Bertz CT molecular complexity index is 499. The van der Waals surface area contributed by atoms with Crippen LogP contribution in [0.5, 0.6) is 0 Å². The lowest BCUT2D eigenvalue weighted by atomic mass is 9.83. The molecule has 1 aromatic carbocycles. The topological polar surface area (TPSA) is 66.6 Å². The number of rotatable bonds is 4. The number of benzene rings is 1. The predicted molar refractivity (Wildman–Crippen MR) is 73.2 cm³/mol. The van der Waals surface area contributed by atoms with E-state index in [0.717, 1.165) is 5.56 Å². The van der Waals surface area contributed by atoms with Crippen LogP contribution in [0.15, 0.2) is 18.2 Å². The fourth-order valence-corrected chi connectivity index (χ4v) is 2.46. The molecule has 1 aromatic rings. The van der Waals surface area contributed by atoms with Gasteiger partial charge in [-0.2, -0.15) is 0 Å². The van der Waals surface area contributed by atoms with Crippen molar-refractivity contribution in [3.63, 3.8) is 0 Å². The van der Waals surface area contributed by atoms with Crippen LogP contribution in [0.3, 0.4) is 0 Å². The van der Waals surface area contributed by atoms with Crippen LogP contribution >= 0.6 is 11.6 Å². The molecule has 1 fully saturated rings. The van der Waals surface area contributed by atoms with Gasteiger partial charge in [0.2, 0.25) is 0 Å². The Morgan fingerprint density at radius 1 is 1.53 bits per heavy atom. The van der Waals surface area contributed by atoms with E-state index in [1.165, 1.54) is 12.1 Å². The molecule has 0 aromatic heterocycles. The van der Waals surface area contributed by atoms with E-state index in [1.807, 2.05) is 13.8 Å². The van der Waals surface area contributed by atoms with Gasteiger partial charge in [0.1, 0.15) is 0 Å². The highest BCUT2D eigenvalue weighted by Crippen LogP contribution is 2.31. The summed E-state index contributed by atoms with van der Waals surface area (Å²) in [6.07, 6.45) is 0. The molecule has 19 heavy (non-hydrogen) atoms. The highest BCUT2D eigenvalue weighted by molar-refractivity contribution is 6.31. The predicted octanol–water partition coefficient (Wildman–Crippen LogP) is 2.45. The first-order valence-electron chi connectivity index (χ1n) is 6.19. The molecular formula is C13H17ClN2O3. The van der Waals surface area contributed by atoms with Gasteiger partial charge in [-0.1, -0.05) is 25.4 Å². The summed E-state index contributed by atoms with van der Waals surface area (Å²) in [5.41, 5.74) is 0.224. The molecule has 1 aliphatic rings. The third kappa shape index (κ3) is 2.88. The summed E-state index contributed by atoms with van der Waals surface area (Å²) in [7, 11) is 0. The number of hydrogen-bond donors (Lipinski definition) is 1. The molecule has 0 spiro atoms. The summed E-state index contributed by atoms with van der Waals surface area (Å²) < 4.78 is 0. The number of likely N-dealkylation sites (tertiary alicyclic amines) is 1. The summed E-state index contributed by atoms with van der Waals surface area (Å²) in [6, 6.07) is 4.49. The smallest absolute Gasteiger partial charge is 0.270 e. The monoisotopic (exact) mass is 284 g/mol. The average Bonchev–Trinajstić information content (AvgIpc) is 2.28. The third-order valence-corrected chi connectivity index (χ3v) is 4.06. The summed E-state index contributed by atoms with van der Waals surface area (Å²) in [4.78, 5) is 12.2. The van der Waals surface area contributed by atoms with Crippen LogP contribution in [-0.4, -0.2) is 33.6 Å². The van der Waals surface area contributed by atoms with Crippen LogP contribution in [-0.2, 0) is 6.54 Å². The quantitative estimate of drug-likeness (QED) is 0.681. The van der Waals surface area contributed by atoms with Crippen molar-refractivity contribution in [2.45, 2.75) is 26.0 Å². The molecule has 0 bridgehead atoms. The average molecular weight is 285 g/mol. The third-order valence-electron chi connectivity index (χ3n) is 3.71. The van der Waals surface area contributed by atoms with Crippen LogP contribution in [0.25, 0.3) is 0 Å². The first kappa shape index (κ1) is 14.2. The van der Waals surface area contributed by atoms with Crippen molar-refractivity contribution in [1.82, 2.24) is 4.90 Å². The van der Waals surface area contributed by atoms with Crippen molar-refractivity contribution >= 4 is 17.3 Å². The molecule has 6 heteroatoms. The number of nitro groups is 1. The fourth-order valence-electron chi connectivity index (χ4n) is 2.22. The van der Waals surface area contributed by atoms with Crippen molar-refractivity contribution in [3.05, 3.63) is 38.9 Å². The van der Waals surface area contributed by atoms with Crippen molar-refractivity contribution in [2.75, 3.05) is 13.1 Å². The first-order chi connectivity index (χ1) is 8.82. The van der Waals surface area contributed by atoms with E-state index in [1.54, 1.807) is 6.07 Å². The Kier molecular flexibility index (Phi) is 3.80. The SMILES string of the molecule is CC(C)C1(O)CN(Cc2ccc([N+](=O)[O-])cc2Cl)C1. The lowest BCUT2D eigenvalue weighted by Crippen LogP contribution is -2.63. The van der Waals surface area contributed by atoms with Gasteiger partial charge in [0.05, 0.1) is 15.5 Å². The van der Waals surface area contributed by atoms with Crippen LogP contribution in [0.4, 0.5) is 5.69 Å². The standard InChI is InChI=1S/C13H17ClN2O3/c1-9(2)13(17)7-15(8-13)6-10-3-4-11(16(18)19)5-12(10)14/h3-5,9,17H,6-8H2,1-2H3. The molecule has 104 valence electrons. The number of halogens is 1. The number of non-ortho nitro benzene ring substituents is 1. The normalized spacial score (nSPS) is 18.4. The van der Waals surface area contributed by atoms with E-state index in [2.05, 4.69) is 4.90 Å². The Hall–Kier alpha value is -1.17. The minimum Gasteiger partial charge on any atom is -0.387 e. The van der Waals surface area contributed by atoms with Gasteiger partial charge in [-0.15, -0.1) is 0 Å². The second-order valence-electron chi connectivity index (χ2n) is 5.44. The van der Waals surface area contributed by atoms with Crippen molar-refractivity contribution in [1.29, 1.82) is 0 Å². The van der Waals surface area contributed by atoms with E-state index >= 15 is 0 Å². The summed E-state index contributed by atoms with van der Waals surface area (Å²) in [5, 5.41) is 21.2. The summed E-state index contributed by atoms with van der Waals surface area (Å²) >= 11 is 6.04. The van der Waals surface area contributed by atoms with Gasteiger partial charge in [0.25, 0.3) is 5.69 Å². The van der Waals surface area contributed by atoms with E-state index < -0.39 is 10.5 Å². The lowest BCUT2D eigenvalue weighted by molar-refractivity contribution is -0.384. The van der Waals surface area contributed by atoms with E-state index in [4.69, 9.17) is 11.6 Å². The summed E-state index contributed by atoms with van der Waals surface area (Å²) in [6.45, 7) is 5.81. The number of β-amino-alcohol motifs (C(OH)–C–C–N with tert-alkyl or cyclic N) is 1. The Morgan fingerprint density at radius 3 is 2.63 bits per heavy atom. The first-order valence-corrected chi connectivity index (χ1v) is 6.57. The second kappa shape index (κ2) is 5.07. The number of nitrogens with zero attached hydrogens (tertiary/aromatic N) is 2. The molecule has 0 amide bonds. The fraction of sp³-hybridized carbons (Fsp3) is 0.538. The maximum absolute atomic E-state index is 10.6. The van der Waals surface area contributed by atoms with E-state index in [-0.39, 0.29) is 11.6 Å². The molecule has 0 atom stereocenters. The van der Waals surface area contributed by atoms with Gasteiger partial charge in [-0.05, 0) is 17.5 Å². The Balaban J connectivity index is 2.00. The van der Waals surface area contributed by atoms with Crippen molar-refractivity contribution in [2.24, 2.45) is 5.92 Å². The minimum absolute atomic E-state index is 0.00366. The summed E-state index contributed by atoms with van der Waals surface area (Å²) in [5.74, 6) is 0.219. The van der Waals surface area contributed by atoms with Crippen LogP contribution < -0.4 is 0 Å². The molecule has 0 aliphatic carbocycles. The van der Waals surface area contributed by atoms with Gasteiger partial charge >= 0.3 is 0 Å². The molecule has 1 N–H and O–H groups in total. The number of hydrogen-bond acceptors (Lipinski definition) is 4. The molecule has 1 aliphatic heterocycles. The lowest BCUT2D eigenvalue weighted by Gasteiger charge is -2.49. The molecule has 1 heterocycles. The maximum Gasteiger partial charge on any atom is 0.270 e.